The molecule has 282 valence electrons. The number of benzene rings is 2. The summed E-state index contributed by atoms with van der Waals surface area (Å²) >= 11 is 1.84. The fourth-order valence-corrected chi connectivity index (χ4v) is 7.73. The number of unbranched alkanes of at least 4 members (excludes halogenated alkanes) is 3. The minimum absolute atomic E-state index is 0.114. The molecule has 0 spiro atoms. The Morgan fingerprint density at radius 1 is 1.13 bits per heavy atom. The van der Waals surface area contributed by atoms with Crippen LogP contribution in [-0.2, 0) is 13.0 Å². The minimum Gasteiger partial charge on any atom is -0.365 e. The predicted molar refractivity (Wildman–Crippen MR) is 229 cm³/mol. The van der Waals surface area contributed by atoms with Crippen LogP contribution in [-0.4, -0.2) is 67.9 Å². The van der Waals surface area contributed by atoms with Crippen LogP contribution >= 0.6 is 11.8 Å². The molecule has 0 aromatic heterocycles. The molecule has 2 aromatic rings. The van der Waals surface area contributed by atoms with Crippen LogP contribution < -0.4 is 10.6 Å². The van der Waals surface area contributed by atoms with Crippen LogP contribution in [0.3, 0.4) is 0 Å². The number of aryl methyl sites for hydroxylation is 2. The number of carbonyl (C=O) groups excluding carboxylic acids is 1. The van der Waals surface area contributed by atoms with Crippen molar-refractivity contribution < 1.29 is 4.79 Å². The molecule has 0 aliphatic carbocycles. The van der Waals surface area contributed by atoms with Gasteiger partial charge in [-0.1, -0.05) is 91.4 Å². The molecule has 0 saturated carbocycles. The van der Waals surface area contributed by atoms with Crippen molar-refractivity contribution in [2.24, 2.45) is 11.0 Å². The summed E-state index contributed by atoms with van der Waals surface area (Å²) in [6.07, 6.45) is 18.1. The molecule has 2 aliphatic rings. The second-order valence-corrected chi connectivity index (χ2v) is 15.4. The monoisotopic (exact) mass is 731 g/mol. The highest BCUT2D eigenvalue weighted by Crippen LogP contribution is 2.36. The average Bonchev–Trinajstić information content (AvgIpc) is 3.61. The molecule has 0 saturated heterocycles. The molecule has 0 radical (unpaired) electrons. The van der Waals surface area contributed by atoms with Crippen molar-refractivity contribution in [1.82, 2.24) is 20.5 Å². The highest BCUT2D eigenvalue weighted by atomic mass is 32.2. The maximum atomic E-state index is 12.0. The first-order valence-electron chi connectivity index (χ1n) is 19.3. The first-order valence-corrected chi connectivity index (χ1v) is 20.3. The highest BCUT2D eigenvalue weighted by molar-refractivity contribution is 8.03. The molecule has 2 atom stereocenters. The lowest BCUT2D eigenvalue weighted by molar-refractivity contribution is 0.112. The number of hydrogen-bond donors (Lipinski definition) is 2. The number of hydrazone groups is 1. The zero-order chi connectivity index (χ0) is 38.0. The summed E-state index contributed by atoms with van der Waals surface area (Å²) in [7, 11) is 4.15. The number of aldehydes is 1. The number of rotatable bonds is 19. The van der Waals surface area contributed by atoms with Gasteiger partial charge in [0, 0.05) is 54.1 Å². The zero-order valence-electron chi connectivity index (χ0n) is 32.8. The summed E-state index contributed by atoms with van der Waals surface area (Å²) in [6.45, 7) is 18.0. The number of hydrogen-bond acceptors (Lipinski definition) is 7. The Hall–Kier alpha value is -4.09. The Kier molecular flexibility index (Phi) is 17.5. The summed E-state index contributed by atoms with van der Waals surface area (Å²) < 4.78 is 0. The van der Waals surface area contributed by atoms with Gasteiger partial charge in [0.05, 0.1) is 17.4 Å². The van der Waals surface area contributed by atoms with Crippen molar-refractivity contribution in [2.45, 2.75) is 84.7 Å². The second kappa shape index (κ2) is 22.2. The Bertz CT molecular complexity index is 1720. The van der Waals surface area contributed by atoms with Crippen LogP contribution in [0.4, 0.5) is 0 Å². The van der Waals surface area contributed by atoms with E-state index in [-0.39, 0.29) is 12.0 Å². The Labute approximate surface area is 324 Å². The first-order chi connectivity index (χ1) is 25.7. The van der Waals surface area contributed by atoms with E-state index < -0.39 is 0 Å². The molecular weight excluding hydrogens is 671 g/mol. The van der Waals surface area contributed by atoms with Gasteiger partial charge in [0.1, 0.15) is 6.29 Å². The molecular formula is C46H61N5OS. The van der Waals surface area contributed by atoms with Gasteiger partial charge in [-0.15, -0.1) is 18.3 Å². The van der Waals surface area contributed by atoms with E-state index in [1.807, 2.05) is 50.2 Å². The van der Waals surface area contributed by atoms with Crippen molar-refractivity contribution in [3.63, 3.8) is 0 Å². The fourth-order valence-electron chi connectivity index (χ4n) is 6.83. The Balaban J connectivity index is 1.31. The number of allylic oxidation sites excluding steroid dienone is 6. The molecule has 2 N–H and O–H groups in total. The molecule has 7 heteroatoms. The van der Waals surface area contributed by atoms with Crippen LogP contribution in [0.1, 0.15) is 91.4 Å². The number of carbonyl (C=O) groups is 1. The van der Waals surface area contributed by atoms with Crippen molar-refractivity contribution in [3.05, 3.63) is 124 Å². The SMILES string of the molecule is C=CC(CCCCNC)N(C)Cc1c(C=O)cccc1CCCCCN1CC(C#C/C2=C(C)/C(=C/NC(=C)C)C(/c3ccc(C)cc3)=C\CCS2)C=N1. The van der Waals surface area contributed by atoms with Gasteiger partial charge in [-0.2, -0.15) is 5.10 Å². The maximum Gasteiger partial charge on any atom is 0.150 e. The van der Waals surface area contributed by atoms with E-state index in [1.165, 1.54) is 27.8 Å². The Morgan fingerprint density at radius 2 is 1.94 bits per heavy atom. The smallest absolute Gasteiger partial charge is 0.150 e. The van der Waals surface area contributed by atoms with Gasteiger partial charge in [0.15, 0.2) is 0 Å². The van der Waals surface area contributed by atoms with Gasteiger partial charge >= 0.3 is 0 Å². The molecule has 2 heterocycles. The van der Waals surface area contributed by atoms with E-state index in [1.54, 1.807) is 0 Å². The third-order valence-corrected chi connectivity index (χ3v) is 11.1. The lowest BCUT2D eigenvalue weighted by Crippen LogP contribution is -2.30. The molecule has 0 fully saturated rings. The van der Waals surface area contributed by atoms with Crippen molar-refractivity contribution >= 4 is 29.8 Å². The van der Waals surface area contributed by atoms with Crippen LogP contribution in [0.25, 0.3) is 5.57 Å². The average molecular weight is 732 g/mol. The van der Waals surface area contributed by atoms with Gasteiger partial charge in [-0.25, -0.2) is 0 Å². The van der Waals surface area contributed by atoms with Crippen LogP contribution in [0, 0.1) is 24.7 Å². The summed E-state index contributed by atoms with van der Waals surface area (Å²) in [5, 5.41) is 13.5. The molecule has 6 nitrogen and oxygen atoms in total. The third kappa shape index (κ3) is 13.1. The second-order valence-electron chi connectivity index (χ2n) is 14.3. The molecule has 2 unspecified atom stereocenters. The first kappa shape index (κ1) is 41.7. The molecule has 0 bridgehead atoms. The molecule has 53 heavy (non-hydrogen) atoms. The van der Waals surface area contributed by atoms with Gasteiger partial charge in [0.2, 0.25) is 0 Å². The van der Waals surface area contributed by atoms with Gasteiger partial charge < -0.3 is 10.6 Å². The van der Waals surface area contributed by atoms with Crippen molar-refractivity contribution in [1.29, 1.82) is 0 Å². The van der Waals surface area contributed by atoms with Crippen molar-refractivity contribution in [2.75, 3.05) is 39.5 Å². The van der Waals surface area contributed by atoms with Crippen LogP contribution in [0.5, 0.6) is 0 Å². The van der Waals surface area contributed by atoms with E-state index in [0.717, 1.165) is 117 Å². The molecule has 4 rings (SSSR count). The highest BCUT2D eigenvalue weighted by Gasteiger charge is 2.19. The summed E-state index contributed by atoms with van der Waals surface area (Å²) in [5.74, 6) is 8.22. The topological polar surface area (TPSA) is 60.0 Å². The van der Waals surface area contributed by atoms with E-state index in [9.17, 15) is 4.79 Å². The van der Waals surface area contributed by atoms with Crippen LogP contribution in [0.15, 0.2) is 101 Å². The van der Waals surface area contributed by atoms with E-state index >= 15 is 0 Å². The van der Waals surface area contributed by atoms with Crippen LogP contribution in [0.2, 0.25) is 0 Å². The van der Waals surface area contributed by atoms with E-state index in [4.69, 9.17) is 5.10 Å². The zero-order valence-corrected chi connectivity index (χ0v) is 33.7. The fraction of sp³-hybridized carbons (Fsp3) is 0.435. The predicted octanol–water partition coefficient (Wildman–Crippen LogP) is 9.32. The normalized spacial score (nSPS) is 19.6. The number of nitrogens with zero attached hydrogens (tertiary/aromatic N) is 3. The molecule has 2 aliphatic heterocycles. The van der Waals surface area contributed by atoms with Gasteiger partial charge in [0.25, 0.3) is 0 Å². The van der Waals surface area contributed by atoms with E-state index in [2.05, 4.69) is 109 Å². The summed E-state index contributed by atoms with van der Waals surface area (Å²) in [4.78, 5) is 15.5. The lowest BCUT2D eigenvalue weighted by atomic mass is 9.91. The lowest BCUT2D eigenvalue weighted by Gasteiger charge is -2.27. The summed E-state index contributed by atoms with van der Waals surface area (Å²) in [6, 6.07) is 15.2. The van der Waals surface area contributed by atoms with Gasteiger partial charge in [-0.3, -0.25) is 14.7 Å². The Morgan fingerprint density at radius 3 is 2.68 bits per heavy atom. The molecule has 0 amide bonds. The number of likely N-dealkylation sites (N-methyl/N-ethyl adjacent to an activating group) is 1. The molecule has 2 aromatic carbocycles. The standard InChI is InChI=1S/C46H61N5OS/c1-8-42(19-11-12-27-47-6)50(7)33-45-39(17-14-18-41(45)34-52)16-10-9-13-28-51-32-38(30-49-51)23-26-46-37(5)44(31-48-35(2)3)43(20-15-29-53-46)40-24-21-36(4)22-25-40/h8,14,17-18,20-22,24-25,30-31,34,38,42,47-48H,1-2,9-13,15-16,19,27-29,32-33H2,3-7H3/b43-20-,44-31-,46-37-. The number of thioether (sulfide) groups is 1. The largest absolute Gasteiger partial charge is 0.365 e. The van der Waals surface area contributed by atoms with Gasteiger partial charge in [-0.05, 0) is 108 Å². The third-order valence-electron chi connectivity index (χ3n) is 9.98. The quantitative estimate of drug-likeness (QED) is 0.0651. The maximum absolute atomic E-state index is 12.0. The number of nitrogens with one attached hydrogen (secondary N) is 2. The minimum atomic E-state index is 0.114. The van der Waals surface area contributed by atoms with Crippen molar-refractivity contribution in [3.8, 4) is 11.8 Å². The summed E-state index contributed by atoms with van der Waals surface area (Å²) in [5.41, 5.74) is 10.2. The van der Waals surface area contributed by atoms with E-state index in [0.29, 0.717) is 0 Å².